The number of amides is 1. The molecule has 0 saturated carbocycles. The van der Waals surface area contributed by atoms with E-state index >= 15 is 0 Å². The number of methoxy groups -OCH3 is 2. The molecule has 0 aromatic carbocycles. The van der Waals surface area contributed by atoms with Crippen LogP contribution in [-0.4, -0.2) is 50.1 Å². The molecule has 2 rings (SSSR count). The number of piperidine rings is 1. The lowest BCUT2D eigenvalue weighted by atomic mass is 9.85. The first-order valence-corrected chi connectivity index (χ1v) is 7.07. The number of carbonyl (C=O) groups excluding carboxylic acids is 1. The van der Waals surface area contributed by atoms with Crippen LogP contribution in [0, 0.1) is 0 Å². The molecule has 106 valence electrons. The maximum Gasteiger partial charge on any atom is 0.238 e. The van der Waals surface area contributed by atoms with E-state index in [4.69, 9.17) is 21.1 Å². The van der Waals surface area contributed by atoms with Gasteiger partial charge in [0.05, 0.1) is 25.5 Å². The number of fused-ring (bicyclic) bond motifs is 1. The molecule has 19 heavy (non-hydrogen) atoms. The Labute approximate surface area is 119 Å². The van der Waals surface area contributed by atoms with Gasteiger partial charge in [0.25, 0.3) is 0 Å². The average molecular weight is 286 g/mol. The van der Waals surface area contributed by atoms with Gasteiger partial charge >= 0.3 is 0 Å². The third kappa shape index (κ3) is 2.79. The van der Waals surface area contributed by atoms with Crippen molar-refractivity contribution < 1.29 is 14.3 Å². The Morgan fingerprint density at radius 3 is 2.89 bits per heavy atom. The molecule has 0 aromatic rings. The summed E-state index contributed by atoms with van der Waals surface area (Å²) in [5, 5.41) is 0. The zero-order valence-corrected chi connectivity index (χ0v) is 12.2. The van der Waals surface area contributed by atoms with Crippen molar-refractivity contribution in [1.82, 2.24) is 4.90 Å². The summed E-state index contributed by atoms with van der Waals surface area (Å²) in [6, 6.07) is -0.0366. The van der Waals surface area contributed by atoms with Gasteiger partial charge in [0.15, 0.2) is 0 Å². The number of hydrogen-bond donors (Lipinski definition) is 0. The van der Waals surface area contributed by atoms with Crippen molar-refractivity contribution in [3.8, 4) is 0 Å². The summed E-state index contributed by atoms with van der Waals surface area (Å²) in [6.45, 7) is 1.17. The number of rotatable bonds is 4. The van der Waals surface area contributed by atoms with E-state index in [1.807, 2.05) is 4.90 Å². The molecule has 4 nitrogen and oxygen atoms in total. The number of carbonyl (C=O) groups is 1. The summed E-state index contributed by atoms with van der Waals surface area (Å²) < 4.78 is 10.8. The van der Waals surface area contributed by atoms with Gasteiger partial charge < -0.3 is 14.4 Å². The Hall–Kier alpha value is -1.00. The molecule has 1 unspecified atom stereocenters. The normalized spacial score (nSPS) is 23.0. The van der Waals surface area contributed by atoms with Crippen molar-refractivity contribution in [1.29, 1.82) is 0 Å². The average Bonchev–Trinajstić information content (AvgIpc) is 2.46. The predicted octanol–water partition coefficient (Wildman–Crippen LogP) is 2.09. The van der Waals surface area contributed by atoms with E-state index in [1.165, 1.54) is 11.1 Å². The Bertz CT molecular complexity index is 417. The summed E-state index contributed by atoms with van der Waals surface area (Å²) in [5.41, 5.74) is 2.42. The van der Waals surface area contributed by atoms with Gasteiger partial charge in [-0.3, -0.25) is 4.79 Å². The van der Waals surface area contributed by atoms with Crippen molar-refractivity contribution in [2.45, 2.75) is 25.3 Å². The number of ether oxygens (including phenoxy) is 2. The SMILES string of the molecule is COCC1C2=CCCC(OC)=C2CCN1C(=O)CCl. The number of halogens is 1. The number of hydrogen-bond acceptors (Lipinski definition) is 3. The minimum absolute atomic E-state index is 0.0175. The van der Waals surface area contributed by atoms with Crippen LogP contribution < -0.4 is 0 Å². The first kappa shape index (κ1) is 14.4. The van der Waals surface area contributed by atoms with Crippen molar-refractivity contribution in [3.63, 3.8) is 0 Å². The molecule has 0 spiro atoms. The van der Waals surface area contributed by atoms with Crippen LogP contribution in [0.1, 0.15) is 19.3 Å². The topological polar surface area (TPSA) is 38.8 Å². The Kier molecular flexibility index (Phi) is 4.88. The van der Waals surface area contributed by atoms with E-state index in [9.17, 15) is 4.79 Å². The Morgan fingerprint density at radius 1 is 1.47 bits per heavy atom. The fourth-order valence-electron chi connectivity index (χ4n) is 2.91. The third-order valence-corrected chi connectivity index (χ3v) is 3.99. The largest absolute Gasteiger partial charge is 0.501 e. The number of allylic oxidation sites excluding steroid dienone is 2. The van der Waals surface area contributed by atoms with E-state index in [2.05, 4.69) is 6.08 Å². The van der Waals surface area contributed by atoms with E-state index in [0.717, 1.165) is 25.0 Å². The highest BCUT2D eigenvalue weighted by molar-refractivity contribution is 6.27. The summed E-state index contributed by atoms with van der Waals surface area (Å²) in [4.78, 5) is 13.8. The van der Waals surface area contributed by atoms with Crippen molar-refractivity contribution in [2.24, 2.45) is 0 Å². The highest BCUT2D eigenvalue weighted by atomic mass is 35.5. The van der Waals surface area contributed by atoms with Crippen LogP contribution >= 0.6 is 11.6 Å². The third-order valence-electron chi connectivity index (χ3n) is 3.76. The predicted molar refractivity (Wildman–Crippen MR) is 74.1 cm³/mol. The van der Waals surface area contributed by atoms with Crippen LogP contribution in [-0.2, 0) is 14.3 Å². The molecule has 1 atom stereocenters. The number of alkyl halides is 1. The molecular formula is C14H20ClNO3. The number of nitrogens with zero attached hydrogens (tertiary/aromatic N) is 1. The highest BCUT2D eigenvalue weighted by Crippen LogP contribution is 2.36. The molecule has 0 N–H and O–H groups in total. The molecular weight excluding hydrogens is 266 g/mol. The summed E-state index contributed by atoms with van der Waals surface area (Å²) >= 11 is 5.69. The minimum atomic E-state index is -0.0366. The molecule has 2 aliphatic rings. The molecule has 0 radical (unpaired) electrons. The Morgan fingerprint density at radius 2 is 2.26 bits per heavy atom. The van der Waals surface area contributed by atoms with Crippen molar-refractivity contribution in [3.05, 3.63) is 23.0 Å². The van der Waals surface area contributed by atoms with Gasteiger partial charge in [0, 0.05) is 20.1 Å². The highest BCUT2D eigenvalue weighted by Gasteiger charge is 2.35. The first-order chi connectivity index (χ1) is 9.22. The van der Waals surface area contributed by atoms with Gasteiger partial charge in [-0.05, 0) is 24.0 Å². The van der Waals surface area contributed by atoms with Gasteiger partial charge in [0.1, 0.15) is 5.88 Å². The van der Waals surface area contributed by atoms with Gasteiger partial charge in [-0.15, -0.1) is 11.6 Å². The van der Waals surface area contributed by atoms with Gasteiger partial charge in [-0.25, -0.2) is 0 Å². The molecule has 1 fully saturated rings. The lowest BCUT2D eigenvalue weighted by Crippen LogP contribution is -2.49. The van der Waals surface area contributed by atoms with Gasteiger partial charge in [-0.2, -0.15) is 0 Å². The summed E-state index contributed by atoms with van der Waals surface area (Å²) in [5.74, 6) is 1.04. The van der Waals surface area contributed by atoms with Crippen LogP contribution in [0.2, 0.25) is 0 Å². The Balaban J connectivity index is 2.31. The fourth-order valence-corrected chi connectivity index (χ4v) is 3.06. The van der Waals surface area contributed by atoms with E-state index in [0.29, 0.717) is 13.2 Å². The molecule has 1 amide bonds. The minimum Gasteiger partial charge on any atom is -0.501 e. The second kappa shape index (κ2) is 6.44. The standard InChI is InChI=1S/C14H20ClNO3/c1-18-9-12-10-4-3-5-13(19-2)11(10)6-7-16(12)14(17)8-15/h4,12H,3,5-9H2,1-2H3. The van der Waals surface area contributed by atoms with Crippen molar-refractivity contribution in [2.75, 3.05) is 33.3 Å². The smallest absolute Gasteiger partial charge is 0.238 e. The summed E-state index contributed by atoms with van der Waals surface area (Å²) in [6.07, 6.45) is 4.93. The van der Waals surface area contributed by atoms with Gasteiger partial charge in [0.2, 0.25) is 5.91 Å². The van der Waals surface area contributed by atoms with Crippen LogP contribution in [0.15, 0.2) is 23.0 Å². The van der Waals surface area contributed by atoms with Crippen LogP contribution in [0.5, 0.6) is 0 Å². The monoisotopic (exact) mass is 285 g/mol. The molecule has 1 aliphatic carbocycles. The van der Waals surface area contributed by atoms with E-state index in [-0.39, 0.29) is 17.8 Å². The van der Waals surface area contributed by atoms with Crippen LogP contribution in [0.3, 0.4) is 0 Å². The molecule has 1 heterocycles. The second-order valence-corrected chi connectivity index (χ2v) is 5.01. The maximum absolute atomic E-state index is 11.9. The molecule has 1 aliphatic heterocycles. The zero-order valence-electron chi connectivity index (χ0n) is 11.4. The van der Waals surface area contributed by atoms with Crippen LogP contribution in [0.25, 0.3) is 0 Å². The summed E-state index contributed by atoms with van der Waals surface area (Å²) in [7, 11) is 3.37. The fraction of sp³-hybridized carbons (Fsp3) is 0.643. The molecule has 0 aromatic heterocycles. The number of likely N-dealkylation sites (tertiary alicyclic amines) is 1. The quantitative estimate of drug-likeness (QED) is 0.743. The lowest BCUT2D eigenvalue weighted by molar-refractivity contribution is -0.131. The molecule has 5 heteroatoms. The second-order valence-electron chi connectivity index (χ2n) is 4.75. The lowest BCUT2D eigenvalue weighted by Gasteiger charge is -2.40. The van der Waals surface area contributed by atoms with Crippen molar-refractivity contribution >= 4 is 17.5 Å². The van der Waals surface area contributed by atoms with E-state index < -0.39 is 0 Å². The molecule has 0 bridgehead atoms. The molecule has 1 saturated heterocycles. The zero-order chi connectivity index (χ0) is 13.8. The first-order valence-electron chi connectivity index (χ1n) is 6.53. The van der Waals surface area contributed by atoms with Gasteiger partial charge in [-0.1, -0.05) is 6.08 Å². The van der Waals surface area contributed by atoms with Crippen LogP contribution in [0.4, 0.5) is 0 Å². The maximum atomic E-state index is 11.9. The van der Waals surface area contributed by atoms with E-state index in [1.54, 1.807) is 14.2 Å².